The number of rotatable bonds is 3. The molecule has 32 heavy (non-hydrogen) atoms. The predicted molar refractivity (Wildman–Crippen MR) is 120 cm³/mol. The van der Waals surface area contributed by atoms with E-state index in [9.17, 15) is 14.4 Å². The zero-order chi connectivity index (χ0) is 22.1. The van der Waals surface area contributed by atoms with E-state index in [4.69, 9.17) is 4.74 Å². The van der Waals surface area contributed by atoms with Gasteiger partial charge in [0, 0.05) is 18.5 Å². The Hall–Kier alpha value is -3.09. The molecule has 0 unspecified atom stereocenters. The molecule has 2 aromatic rings. The van der Waals surface area contributed by atoms with E-state index in [0.29, 0.717) is 24.8 Å². The number of benzene rings is 2. The van der Waals surface area contributed by atoms with Gasteiger partial charge in [-0.25, -0.2) is 4.79 Å². The average molecular weight is 436 g/mol. The molecule has 2 heterocycles. The molecule has 0 bridgehead atoms. The highest BCUT2D eigenvalue weighted by atomic mass is 16.6. The summed E-state index contributed by atoms with van der Waals surface area (Å²) in [7, 11) is 0. The minimum Gasteiger partial charge on any atom is -0.410 e. The second kappa shape index (κ2) is 8.81. The fourth-order valence-corrected chi connectivity index (χ4v) is 5.33. The first-order chi connectivity index (χ1) is 15.6. The van der Waals surface area contributed by atoms with Crippen molar-refractivity contribution in [2.75, 3.05) is 19.6 Å². The van der Waals surface area contributed by atoms with Crippen LogP contribution in [0.15, 0.2) is 42.5 Å². The number of nitrogens with zero attached hydrogens (tertiary/aromatic N) is 2. The zero-order valence-corrected chi connectivity index (χ0v) is 18.2. The number of ether oxygens (including phenoxy) is 1. The molecule has 1 saturated carbocycles. The van der Waals surface area contributed by atoms with Crippen molar-refractivity contribution >= 4 is 28.7 Å². The molecule has 3 aliphatic rings. The van der Waals surface area contributed by atoms with Gasteiger partial charge in [-0.3, -0.25) is 9.59 Å². The summed E-state index contributed by atoms with van der Waals surface area (Å²) in [6, 6.07) is 12.2. The summed E-state index contributed by atoms with van der Waals surface area (Å²) in [5.74, 6) is 0.814. The first kappa shape index (κ1) is 20.8. The van der Waals surface area contributed by atoms with Crippen molar-refractivity contribution in [2.24, 2.45) is 5.92 Å². The molecule has 2 aliphatic heterocycles. The Labute approximate surface area is 187 Å². The molecule has 2 atom stereocenters. The lowest BCUT2D eigenvalue weighted by Gasteiger charge is -2.45. The number of fused-ring (bicyclic) bond motifs is 2. The van der Waals surface area contributed by atoms with Crippen LogP contribution in [0.1, 0.15) is 38.5 Å². The van der Waals surface area contributed by atoms with Crippen molar-refractivity contribution in [3.05, 3.63) is 42.5 Å². The number of nitrogens with one attached hydrogen (secondary N) is 1. The van der Waals surface area contributed by atoms with E-state index < -0.39 is 18.2 Å². The Bertz CT molecular complexity index is 1030. The summed E-state index contributed by atoms with van der Waals surface area (Å²) < 4.78 is 5.68. The van der Waals surface area contributed by atoms with E-state index in [-0.39, 0.29) is 18.4 Å². The maximum Gasteiger partial charge on any atom is 0.415 e. The molecule has 0 radical (unpaired) electrons. The molecule has 2 saturated heterocycles. The van der Waals surface area contributed by atoms with Crippen molar-refractivity contribution in [1.82, 2.24) is 15.1 Å². The molecular formula is C25H29N3O4. The third-order valence-corrected chi connectivity index (χ3v) is 7.08. The van der Waals surface area contributed by atoms with Gasteiger partial charge >= 0.3 is 6.09 Å². The summed E-state index contributed by atoms with van der Waals surface area (Å²) >= 11 is 0. The second-order valence-electron chi connectivity index (χ2n) is 9.14. The van der Waals surface area contributed by atoms with Gasteiger partial charge in [0.25, 0.3) is 0 Å². The fourth-order valence-electron chi connectivity index (χ4n) is 5.33. The van der Waals surface area contributed by atoms with E-state index in [0.717, 1.165) is 30.0 Å². The summed E-state index contributed by atoms with van der Waals surface area (Å²) in [5.41, 5.74) is 0. The zero-order valence-electron chi connectivity index (χ0n) is 18.2. The molecule has 7 nitrogen and oxygen atoms in total. The predicted octanol–water partition coefficient (Wildman–Crippen LogP) is 3.32. The standard InChI is InChI=1S/C25H29N3O4/c29-23-21-16-27(25(31)32-22-12-6-10-18-9-4-5-11-19(18)22)13-14-28(21)24(30)20(26-23)15-17-7-2-1-3-8-17/h4-6,9-12,17,20-21H,1-3,7-8,13-16H2,(H,26,29)/t20-,21+/m0/s1. The van der Waals surface area contributed by atoms with Crippen LogP contribution in [-0.2, 0) is 9.59 Å². The summed E-state index contributed by atoms with van der Waals surface area (Å²) in [6.45, 7) is 0.856. The Kier molecular flexibility index (Phi) is 5.72. The third-order valence-electron chi connectivity index (χ3n) is 7.08. The van der Waals surface area contributed by atoms with Crippen molar-refractivity contribution in [3.63, 3.8) is 0 Å². The van der Waals surface area contributed by atoms with Crippen molar-refractivity contribution in [2.45, 2.75) is 50.6 Å². The van der Waals surface area contributed by atoms with Crippen LogP contribution in [0.3, 0.4) is 0 Å². The van der Waals surface area contributed by atoms with Gasteiger partial charge in [0.2, 0.25) is 11.8 Å². The third kappa shape index (κ3) is 4.04. The molecule has 0 spiro atoms. The van der Waals surface area contributed by atoms with E-state index in [1.807, 2.05) is 36.4 Å². The van der Waals surface area contributed by atoms with E-state index in [1.165, 1.54) is 24.2 Å². The van der Waals surface area contributed by atoms with Gasteiger partial charge < -0.3 is 19.9 Å². The number of hydrogen-bond donors (Lipinski definition) is 1. The maximum absolute atomic E-state index is 13.1. The largest absolute Gasteiger partial charge is 0.415 e. The van der Waals surface area contributed by atoms with Gasteiger partial charge in [0.1, 0.15) is 17.8 Å². The summed E-state index contributed by atoms with van der Waals surface area (Å²) in [5, 5.41) is 4.79. The average Bonchev–Trinajstić information content (AvgIpc) is 2.83. The number of piperazine rings is 2. The van der Waals surface area contributed by atoms with E-state index in [2.05, 4.69) is 5.32 Å². The van der Waals surface area contributed by atoms with Crippen molar-refractivity contribution in [3.8, 4) is 5.75 Å². The summed E-state index contributed by atoms with van der Waals surface area (Å²) in [6.07, 6.45) is 6.18. The van der Waals surface area contributed by atoms with Crippen LogP contribution in [0, 0.1) is 5.92 Å². The van der Waals surface area contributed by atoms with Crippen LogP contribution < -0.4 is 10.1 Å². The molecule has 1 N–H and O–H groups in total. The number of carbonyl (C=O) groups is 3. The lowest BCUT2D eigenvalue weighted by molar-refractivity contribution is -0.152. The highest BCUT2D eigenvalue weighted by Gasteiger charge is 2.45. The molecule has 7 heteroatoms. The molecule has 5 rings (SSSR count). The second-order valence-corrected chi connectivity index (χ2v) is 9.14. The first-order valence-corrected chi connectivity index (χ1v) is 11.7. The van der Waals surface area contributed by atoms with Gasteiger partial charge in [-0.15, -0.1) is 0 Å². The molecule has 3 amide bonds. The minimum absolute atomic E-state index is 0.0118. The molecule has 0 aromatic heterocycles. The first-order valence-electron chi connectivity index (χ1n) is 11.7. The van der Waals surface area contributed by atoms with Crippen molar-refractivity contribution < 1.29 is 19.1 Å². The summed E-state index contributed by atoms with van der Waals surface area (Å²) in [4.78, 5) is 42.0. The van der Waals surface area contributed by atoms with Gasteiger partial charge in [-0.05, 0) is 23.8 Å². The highest BCUT2D eigenvalue weighted by molar-refractivity contribution is 5.97. The Morgan fingerprint density at radius 3 is 2.62 bits per heavy atom. The lowest BCUT2D eigenvalue weighted by Crippen LogP contribution is -2.70. The Morgan fingerprint density at radius 2 is 1.78 bits per heavy atom. The van der Waals surface area contributed by atoms with E-state index >= 15 is 0 Å². The van der Waals surface area contributed by atoms with Gasteiger partial charge in [0.15, 0.2) is 0 Å². The molecule has 2 aromatic carbocycles. The van der Waals surface area contributed by atoms with Crippen molar-refractivity contribution in [1.29, 1.82) is 0 Å². The molecule has 1 aliphatic carbocycles. The molecule has 168 valence electrons. The number of carbonyl (C=O) groups excluding carboxylic acids is 3. The maximum atomic E-state index is 13.1. The van der Waals surface area contributed by atoms with Crippen LogP contribution in [0.5, 0.6) is 5.75 Å². The highest BCUT2D eigenvalue weighted by Crippen LogP contribution is 2.30. The molecule has 3 fully saturated rings. The molecular weight excluding hydrogens is 406 g/mol. The smallest absolute Gasteiger partial charge is 0.410 e. The fraction of sp³-hybridized carbons (Fsp3) is 0.480. The van der Waals surface area contributed by atoms with Gasteiger partial charge in [-0.2, -0.15) is 0 Å². The van der Waals surface area contributed by atoms with Crippen LogP contribution >= 0.6 is 0 Å². The normalized spacial score (nSPS) is 24.2. The lowest BCUT2D eigenvalue weighted by atomic mass is 9.84. The quantitative estimate of drug-likeness (QED) is 0.802. The monoisotopic (exact) mass is 435 g/mol. The SMILES string of the molecule is O=C1N[C@@H](CC2CCCCC2)C(=O)N2CCN(C(=O)Oc3cccc4ccccc34)C[C@H]12. The Balaban J connectivity index is 1.24. The van der Waals surface area contributed by atoms with E-state index in [1.54, 1.807) is 11.0 Å². The van der Waals surface area contributed by atoms with Gasteiger partial charge in [-0.1, -0.05) is 68.5 Å². The topological polar surface area (TPSA) is 79.0 Å². The van der Waals surface area contributed by atoms with Crippen LogP contribution in [0.25, 0.3) is 10.8 Å². The Morgan fingerprint density at radius 1 is 1.00 bits per heavy atom. The van der Waals surface area contributed by atoms with Gasteiger partial charge in [0.05, 0.1) is 6.54 Å². The minimum atomic E-state index is -0.654. The van der Waals surface area contributed by atoms with Crippen LogP contribution in [0.4, 0.5) is 4.79 Å². The number of hydrogen-bond acceptors (Lipinski definition) is 4. The van der Waals surface area contributed by atoms with Crippen LogP contribution in [0.2, 0.25) is 0 Å². The van der Waals surface area contributed by atoms with Crippen LogP contribution in [-0.4, -0.2) is 59.4 Å². The number of amides is 3.